The third-order valence-electron chi connectivity index (χ3n) is 5.80. The molecule has 178 valence electrons. The standard InChI is InChI=1S/C25H26ClN3O4S/c1-33-21-13-11-20(12-14-21)27-15-17-28(18-16-27)25(30)19-29(24-10-6-5-9-23(24)26)34(31,32)22-7-3-2-4-8-22/h2-14H,15-19H2,1H3. The normalized spacial score (nSPS) is 14.1. The number of halogens is 1. The molecular weight excluding hydrogens is 474 g/mol. The maximum atomic E-state index is 13.5. The summed E-state index contributed by atoms with van der Waals surface area (Å²) in [6.45, 7) is 1.95. The Kier molecular flexibility index (Phi) is 7.29. The van der Waals surface area contributed by atoms with Gasteiger partial charge < -0.3 is 14.5 Å². The summed E-state index contributed by atoms with van der Waals surface area (Å²) in [5, 5.41) is 0.263. The van der Waals surface area contributed by atoms with E-state index in [4.69, 9.17) is 16.3 Å². The fraction of sp³-hybridized carbons (Fsp3) is 0.240. The van der Waals surface area contributed by atoms with Crippen LogP contribution in [0.3, 0.4) is 0 Å². The molecule has 1 aliphatic rings. The van der Waals surface area contributed by atoms with Crippen molar-refractivity contribution in [2.24, 2.45) is 0 Å². The van der Waals surface area contributed by atoms with E-state index in [1.165, 1.54) is 12.1 Å². The van der Waals surface area contributed by atoms with Gasteiger partial charge in [0.05, 0.1) is 22.7 Å². The van der Waals surface area contributed by atoms with Gasteiger partial charge in [0.15, 0.2) is 0 Å². The summed E-state index contributed by atoms with van der Waals surface area (Å²) in [5.74, 6) is 0.519. The molecule has 0 aliphatic carbocycles. The number of benzene rings is 3. The van der Waals surface area contributed by atoms with Gasteiger partial charge >= 0.3 is 0 Å². The SMILES string of the molecule is COc1ccc(N2CCN(C(=O)CN(c3ccccc3Cl)S(=O)(=O)c3ccccc3)CC2)cc1. The van der Waals surface area contributed by atoms with Crippen LogP contribution in [0.4, 0.5) is 11.4 Å². The number of ether oxygens (including phenoxy) is 1. The Morgan fingerprint density at radius 3 is 2.15 bits per heavy atom. The molecule has 0 unspecified atom stereocenters. The lowest BCUT2D eigenvalue weighted by molar-refractivity contribution is -0.129. The van der Waals surface area contributed by atoms with Gasteiger partial charge in [-0.15, -0.1) is 0 Å². The summed E-state index contributed by atoms with van der Waals surface area (Å²) < 4.78 is 33.3. The van der Waals surface area contributed by atoms with E-state index in [1.807, 2.05) is 24.3 Å². The highest BCUT2D eigenvalue weighted by molar-refractivity contribution is 7.92. The first-order valence-electron chi connectivity index (χ1n) is 10.9. The zero-order valence-electron chi connectivity index (χ0n) is 18.8. The van der Waals surface area contributed by atoms with Crippen LogP contribution in [0.1, 0.15) is 0 Å². The first-order valence-corrected chi connectivity index (χ1v) is 12.7. The highest BCUT2D eigenvalue weighted by atomic mass is 35.5. The van der Waals surface area contributed by atoms with E-state index in [-0.39, 0.29) is 28.1 Å². The summed E-state index contributed by atoms with van der Waals surface area (Å²) in [4.78, 5) is 17.2. The van der Waals surface area contributed by atoms with Gasteiger partial charge in [-0.3, -0.25) is 9.10 Å². The van der Waals surface area contributed by atoms with Crippen molar-refractivity contribution in [3.8, 4) is 5.75 Å². The second-order valence-corrected chi connectivity index (χ2v) is 10.1. The monoisotopic (exact) mass is 499 g/mol. The van der Waals surface area contributed by atoms with Gasteiger partial charge in [-0.2, -0.15) is 0 Å². The summed E-state index contributed by atoms with van der Waals surface area (Å²) in [5.41, 5.74) is 1.33. The number of hydrogen-bond acceptors (Lipinski definition) is 5. The van der Waals surface area contributed by atoms with E-state index >= 15 is 0 Å². The minimum atomic E-state index is -3.99. The summed E-state index contributed by atoms with van der Waals surface area (Å²) in [6, 6.07) is 22.5. The highest BCUT2D eigenvalue weighted by Gasteiger charge is 2.31. The molecule has 1 saturated heterocycles. The molecule has 7 nitrogen and oxygen atoms in total. The Morgan fingerprint density at radius 2 is 1.53 bits per heavy atom. The van der Waals surface area contributed by atoms with Crippen LogP contribution >= 0.6 is 11.6 Å². The maximum absolute atomic E-state index is 13.5. The summed E-state index contributed by atoms with van der Waals surface area (Å²) in [7, 11) is -2.36. The van der Waals surface area contributed by atoms with Crippen molar-refractivity contribution in [1.29, 1.82) is 0 Å². The first-order chi connectivity index (χ1) is 16.4. The predicted octanol–water partition coefficient (Wildman–Crippen LogP) is 3.89. The molecular formula is C25H26ClN3O4S. The molecule has 1 heterocycles. The number of carbonyl (C=O) groups is 1. The lowest BCUT2D eigenvalue weighted by atomic mass is 10.2. The highest BCUT2D eigenvalue weighted by Crippen LogP contribution is 2.30. The van der Waals surface area contributed by atoms with Gasteiger partial charge in [0.2, 0.25) is 5.91 Å². The molecule has 0 bridgehead atoms. The van der Waals surface area contributed by atoms with Crippen LogP contribution in [-0.4, -0.2) is 59.1 Å². The quantitative estimate of drug-likeness (QED) is 0.493. The van der Waals surface area contributed by atoms with Crippen molar-refractivity contribution in [3.05, 3.63) is 83.9 Å². The van der Waals surface area contributed by atoms with Crippen molar-refractivity contribution < 1.29 is 17.9 Å². The van der Waals surface area contributed by atoms with Crippen LogP contribution < -0.4 is 13.9 Å². The number of rotatable bonds is 7. The van der Waals surface area contributed by atoms with Gasteiger partial charge in [-0.1, -0.05) is 41.9 Å². The molecule has 4 rings (SSSR count). The van der Waals surface area contributed by atoms with E-state index in [0.717, 1.165) is 15.7 Å². The van der Waals surface area contributed by atoms with E-state index in [2.05, 4.69) is 4.90 Å². The molecule has 1 aliphatic heterocycles. The minimum absolute atomic E-state index is 0.104. The second-order valence-electron chi connectivity index (χ2n) is 7.84. The fourth-order valence-electron chi connectivity index (χ4n) is 3.90. The Hall–Kier alpha value is -3.23. The van der Waals surface area contributed by atoms with Gasteiger partial charge in [-0.05, 0) is 48.5 Å². The Bertz CT molecular complexity index is 1230. The van der Waals surface area contributed by atoms with E-state index in [0.29, 0.717) is 26.2 Å². The van der Waals surface area contributed by atoms with Crippen LogP contribution in [0, 0.1) is 0 Å². The first kappa shape index (κ1) is 23.9. The van der Waals surface area contributed by atoms with Gasteiger partial charge in [0, 0.05) is 31.9 Å². The number of anilines is 2. The molecule has 0 saturated carbocycles. The van der Waals surface area contributed by atoms with E-state index in [1.54, 1.807) is 54.5 Å². The van der Waals surface area contributed by atoms with Gasteiger partial charge in [-0.25, -0.2) is 8.42 Å². The van der Waals surface area contributed by atoms with Crippen molar-refractivity contribution in [2.45, 2.75) is 4.90 Å². The number of para-hydroxylation sites is 1. The third kappa shape index (κ3) is 5.13. The Balaban J connectivity index is 1.51. The third-order valence-corrected chi connectivity index (χ3v) is 7.89. The van der Waals surface area contributed by atoms with Crippen molar-refractivity contribution >= 4 is 38.9 Å². The molecule has 3 aromatic carbocycles. The molecule has 0 spiro atoms. The van der Waals surface area contributed by atoms with E-state index in [9.17, 15) is 13.2 Å². The maximum Gasteiger partial charge on any atom is 0.264 e. The van der Waals surface area contributed by atoms with Crippen LogP contribution in [0.25, 0.3) is 0 Å². The lowest BCUT2D eigenvalue weighted by Crippen LogP contribution is -2.52. The number of nitrogens with zero attached hydrogens (tertiary/aromatic N) is 3. The average molecular weight is 500 g/mol. The average Bonchev–Trinajstić information content (AvgIpc) is 2.88. The van der Waals surface area contributed by atoms with Gasteiger partial charge in [0.1, 0.15) is 12.3 Å². The molecule has 0 atom stereocenters. The second kappa shape index (κ2) is 10.4. The number of sulfonamides is 1. The predicted molar refractivity (Wildman–Crippen MR) is 134 cm³/mol. The fourth-order valence-corrected chi connectivity index (χ4v) is 5.65. The largest absolute Gasteiger partial charge is 0.497 e. The zero-order chi connectivity index (χ0) is 24.1. The van der Waals surface area contributed by atoms with Gasteiger partial charge in [0.25, 0.3) is 10.0 Å². The molecule has 0 aromatic heterocycles. The lowest BCUT2D eigenvalue weighted by Gasteiger charge is -2.37. The molecule has 1 amide bonds. The van der Waals surface area contributed by atoms with Crippen LogP contribution in [0.5, 0.6) is 5.75 Å². The zero-order valence-corrected chi connectivity index (χ0v) is 20.4. The summed E-state index contributed by atoms with van der Waals surface area (Å²) in [6.07, 6.45) is 0. The Labute approximate surface area is 205 Å². The molecule has 0 N–H and O–H groups in total. The minimum Gasteiger partial charge on any atom is -0.497 e. The van der Waals surface area contributed by atoms with Crippen LogP contribution in [0.2, 0.25) is 5.02 Å². The van der Waals surface area contributed by atoms with Crippen LogP contribution in [0.15, 0.2) is 83.8 Å². The molecule has 0 radical (unpaired) electrons. The number of methoxy groups -OCH3 is 1. The number of amides is 1. The Morgan fingerprint density at radius 1 is 0.912 bits per heavy atom. The summed E-state index contributed by atoms with van der Waals surface area (Å²) >= 11 is 6.34. The molecule has 1 fully saturated rings. The van der Waals surface area contributed by atoms with Crippen molar-refractivity contribution in [2.75, 3.05) is 49.0 Å². The smallest absolute Gasteiger partial charge is 0.264 e. The van der Waals surface area contributed by atoms with Crippen molar-refractivity contribution in [1.82, 2.24) is 4.90 Å². The van der Waals surface area contributed by atoms with E-state index < -0.39 is 10.0 Å². The molecule has 34 heavy (non-hydrogen) atoms. The number of carbonyl (C=O) groups excluding carboxylic acids is 1. The topological polar surface area (TPSA) is 70.2 Å². The van der Waals surface area contributed by atoms with Crippen LogP contribution in [-0.2, 0) is 14.8 Å². The van der Waals surface area contributed by atoms with Crippen molar-refractivity contribution in [3.63, 3.8) is 0 Å². The molecule has 9 heteroatoms. The number of hydrogen-bond donors (Lipinski definition) is 0. The number of piperazine rings is 1. The molecule has 3 aromatic rings.